The van der Waals surface area contributed by atoms with Gasteiger partial charge >= 0.3 is 108 Å². The quantitative estimate of drug-likeness (QED) is 0.259. The predicted molar refractivity (Wildman–Crippen MR) is 74.8 cm³/mol. The van der Waals surface area contributed by atoms with Crippen LogP contribution in [0.4, 0.5) is 0 Å². The molecule has 0 fully saturated rings. The van der Waals surface area contributed by atoms with Crippen LogP contribution < -0.4 is 0 Å². The minimum atomic E-state index is -1.40. The molecule has 0 saturated carbocycles. The van der Waals surface area contributed by atoms with E-state index in [4.69, 9.17) is 8.32 Å². The van der Waals surface area contributed by atoms with Crippen LogP contribution in [0.3, 0.4) is 0 Å². The first-order chi connectivity index (χ1) is 3.00. The Balaban J connectivity index is 0. The third-order valence-corrected chi connectivity index (χ3v) is 0. The van der Waals surface area contributed by atoms with Crippen molar-refractivity contribution < 1.29 is 0 Å². The molecule has 0 aliphatic heterocycles. The second-order valence-corrected chi connectivity index (χ2v) is 169. The molecule has 0 aliphatic carbocycles. The number of hydrogen-bond donors (Lipinski definition) is 0. The molecule has 0 nitrogen and oxygen atoms in total. The summed E-state index contributed by atoms with van der Waals surface area (Å²) in [4.78, 5) is 0. The van der Waals surface area contributed by atoms with Crippen molar-refractivity contribution in [2.45, 2.75) is 0 Å². The van der Waals surface area contributed by atoms with Gasteiger partial charge in [0.15, 0.2) is 0 Å². The zero-order chi connectivity index (χ0) is 6.50. The van der Waals surface area contributed by atoms with Crippen molar-refractivity contribution in [2.75, 3.05) is 0 Å². The molecule has 0 aliphatic rings. The number of hydrogen-bond acceptors (Lipinski definition) is 0. The fourth-order valence-corrected chi connectivity index (χ4v) is 0. The van der Waals surface area contributed by atoms with Crippen LogP contribution in [-0.2, 0) is 0 Å². The van der Waals surface area contributed by atoms with Gasteiger partial charge in [0.05, 0.1) is 0 Å². The molecule has 0 aromatic carbocycles. The molecule has 0 rings (SSSR count). The summed E-state index contributed by atoms with van der Waals surface area (Å²) in [6, 6.07) is 0. The zero-order valence-corrected chi connectivity index (χ0v) is 20.7. The van der Waals surface area contributed by atoms with E-state index in [0.29, 0.717) is 24.5 Å². The first-order valence-corrected chi connectivity index (χ1v) is 50.2. The first-order valence-electron chi connectivity index (χ1n) is 0.974. The maximum atomic E-state index is 4.81. The minimum absolute atomic E-state index is 0.639. The molecule has 2 radical (unpaired) electrons. The van der Waals surface area contributed by atoms with Crippen LogP contribution in [0, 0.1) is 0 Å². The summed E-state index contributed by atoms with van der Waals surface area (Å²) in [7, 11) is 4.81. The Morgan fingerprint density at radius 2 is 1.00 bits per heavy atom. The van der Waals surface area contributed by atoms with Gasteiger partial charge in [-0.05, 0) is 0 Å². The monoisotopic (exact) mass is 960 g/mol. The van der Waals surface area contributed by atoms with Gasteiger partial charge in [0.2, 0.25) is 0 Å². The fraction of sp³-hybridized carbons (Fsp3) is 0. The van der Waals surface area contributed by atoms with Gasteiger partial charge in [-0.3, -0.25) is 0 Å². The summed E-state index contributed by atoms with van der Waals surface area (Å²) in [6.45, 7) is 0. The summed E-state index contributed by atoms with van der Waals surface area (Å²) < 4.78 is -1.40. The molecule has 0 atom stereocenters. The molecule has 0 bridgehead atoms. The first kappa shape index (κ1) is 14.6. The molecule has 0 saturated heterocycles. The van der Waals surface area contributed by atoms with Crippen LogP contribution in [0.25, 0.3) is 0 Å². The normalized spacial score (nSPS) is 9.43. The van der Waals surface area contributed by atoms with E-state index in [9.17, 15) is 0 Å². The molecule has 0 spiro atoms. The maximum absolute atomic E-state index is 4.81. The molecule has 0 aromatic heterocycles. The fourth-order valence-electron chi connectivity index (χ4n) is 0. The number of rotatable bonds is 0. The Labute approximate surface area is 104 Å². The van der Waals surface area contributed by atoms with Crippen LogP contribution >= 0.6 is 79.4 Å². The second kappa shape index (κ2) is 9.14. The molecule has 0 unspecified atom stereocenters. The van der Waals surface area contributed by atoms with Crippen molar-refractivity contribution in [1.29, 1.82) is 0 Å². The second-order valence-electron chi connectivity index (χ2n) is 0.429. The molecule has 7 heteroatoms. The van der Waals surface area contributed by atoms with Crippen molar-refractivity contribution in [3.05, 3.63) is 0 Å². The molecule has 44 valence electrons. The molecular weight excluding hydrogens is 957 g/mol. The summed E-state index contributed by atoms with van der Waals surface area (Å²) >= 11 is 10.9. The third-order valence-electron chi connectivity index (χ3n) is 0. The van der Waals surface area contributed by atoms with Crippen LogP contribution in [-0.4, -0.2) is 28.5 Å². The Kier molecular flexibility index (Phi) is 19.0. The van der Waals surface area contributed by atoms with E-state index in [0.717, 1.165) is 0 Å². The Morgan fingerprint density at radius 1 is 1.00 bits per heavy atom. The predicted octanol–water partition coefficient (Wildman–Crippen LogP) is 3.20. The van der Waals surface area contributed by atoms with Gasteiger partial charge in [0, 0.05) is 0 Å². The summed E-state index contributed by atoms with van der Waals surface area (Å²) in [5.41, 5.74) is 0. The van der Waals surface area contributed by atoms with E-state index in [1.54, 1.807) is 0 Å². The van der Waals surface area contributed by atoms with Gasteiger partial charge in [-0.25, -0.2) is 0 Å². The van der Waals surface area contributed by atoms with Crippen molar-refractivity contribution >= 4 is 108 Å². The van der Waals surface area contributed by atoms with Crippen LogP contribution in [0.15, 0.2) is 0 Å². The van der Waals surface area contributed by atoms with Crippen molar-refractivity contribution in [3.63, 3.8) is 0 Å². The van der Waals surface area contributed by atoms with Gasteiger partial charge in [-0.15, -0.1) is 0 Å². The van der Waals surface area contributed by atoms with E-state index in [2.05, 4.69) is 71.0 Å². The van der Waals surface area contributed by atoms with Gasteiger partial charge in [0.25, 0.3) is 0 Å². The number of halogens is 5. The van der Waals surface area contributed by atoms with Gasteiger partial charge in [-0.1, -0.05) is 0 Å². The van der Waals surface area contributed by atoms with Gasteiger partial charge in [0.1, 0.15) is 0 Å². The van der Waals surface area contributed by atoms with E-state index in [1.165, 1.54) is 0 Å². The van der Waals surface area contributed by atoms with E-state index in [1.807, 2.05) is 0 Å². The van der Waals surface area contributed by atoms with Crippen LogP contribution in [0.5, 0.6) is 0 Å². The van der Waals surface area contributed by atoms with Crippen molar-refractivity contribution in [1.82, 2.24) is 0 Å². The van der Waals surface area contributed by atoms with Crippen LogP contribution in [0.1, 0.15) is 0 Å². The average Bonchev–Trinajstić information content (AvgIpc) is 1.36. The summed E-state index contributed by atoms with van der Waals surface area (Å²) in [6.07, 6.45) is 0. The Bertz CT molecular complexity index is 25.2. The average molecular weight is 958 g/mol. The molecule has 7 heavy (non-hydrogen) atoms. The molecular formula is HClI4Pb2. The van der Waals surface area contributed by atoms with Gasteiger partial charge < -0.3 is 0 Å². The van der Waals surface area contributed by atoms with Crippen LogP contribution in [0.2, 0.25) is 0 Å². The Hall–Kier alpha value is 5.05. The SMILES string of the molecule is [Cl][PbH].[I][Pb]([I])([I])[I]. The summed E-state index contributed by atoms with van der Waals surface area (Å²) in [5, 5.41) is 0. The van der Waals surface area contributed by atoms with Crippen molar-refractivity contribution in [2.24, 2.45) is 0 Å². The zero-order valence-electron chi connectivity index (χ0n) is 2.97. The van der Waals surface area contributed by atoms with E-state index < -0.39 is 4.00 Å². The molecule has 0 amide bonds. The standard InChI is InChI=1S/ClH.4HI.2Pb.H/h5*1H;;;/q;;;;;+1;+4;/p-5. The topological polar surface area (TPSA) is 0 Å². The molecule has 0 N–H and O–H groups in total. The molecule has 0 aromatic rings. The Morgan fingerprint density at radius 3 is 1.00 bits per heavy atom. The summed E-state index contributed by atoms with van der Waals surface area (Å²) in [5.74, 6) is 0. The molecule has 0 heterocycles. The van der Waals surface area contributed by atoms with E-state index >= 15 is 0 Å². The van der Waals surface area contributed by atoms with E-state index in [-0.39, 0.29) is 0 Å². The van der Waals surface area contributed by atoms with Crippen molar-refractivity contribution in [3.8, 4) is 0 Å². The third kappa shape index (κ3) is 35.5. The van der Waals surface area contributed by atoms with Gasteiger partial charge in [-0.2, -0.15) is 0 Å².